The van der Waals surface area contributed by atoms with Crippen molar-refractivity contribution in [3.8, 4) is 0 Å². The van der Waals surface area contributed by atoms with E-state index in [2.05, 4.69) is 22.6 Å². The molecule has 2 aromatic carbocycles. The number of nitro benzene ring substituents is 1. The Kier molecular flexibility index (Phi) is 4.89. The van der Waals surface area contributed by atoms with Gasteiger partial charge in [0.2, 0.25) is 0 Å². The molecule has 5 nitrogen and oxygen atoms in total. The van der Waals surface area contributed by atoms with E-state index in [9.17, 15) is 14.9 Å². The van der Waals surface area contributed by atoms with Gasteiger partial charge in [-0.3, -0.25) is 14.9 Å². The fraction of sp³-hybridized carbons (Fsp3) is 0.133. The zero-order chi connectivity index (χ0) is 15.4. The molecule has 0 spiro atoms. The number of nitro groups is 1. The van der Waals surface area contributed by atoms with Crippen molar-refractivity contribution in [3.05, 3.63) is 73.3 Å². The van der Waals surface area contributed by atoms with Gasteiger partial charge in [-0.1, -0.05) is 30.3 Å². The molecule has 0 aliphatic carbocycles. The zero-order valence-electron chi connectivity index (χ0n) is 11.3. The molecule has 0 bridgehead atoms. The van der Waals surface area contributed by atoms with Gasteiger partial charge in [-0.2, -0.15) is 0 Å². The summed E-state index contributed by atoms with van der Waals surface area (Å²) in [6.07, 6.45) is 0. The number of para-hydroxylation sites is 1. The zero-order valence-corrected chi connectivity index (χ0v) is 13.5. The Labute approximate surface area is 135 Å². The van der Waals surface area contributed by atoms with Crippen LogP contribution in [-0.4, -0.2) is 22.8 Å². The van der Waals surface area contributed by atoms with Crippen LogP contribution in [0.3, 0.4) is 0 Å². The lowest BCUT2D eigenvalue weighted by Gasteiger charge is -2.18. The van der Waals surface area contributed by atoms with Crippen LogP contribution < -0.4 is 0 Å². The Morgan fingerprint density at radius 3 is 2.48 bits per heavy atom. The molecule has 21 heavy (non-hydrogen) atoms. The number of amides is 1. The first-order valence-corrected chi connectivity index (χ1v) is 7.31. The van der Waals surface area contributed by atoms with Crippen LogP contribution >= 0.6 is 22.6 Å². The van der Waals surface area contributed by atoms with Crippen molar-refractivity contribution >= 4 is 34.2 Å². The summed E-state index contributed by atoms with van der Waals surface area (Å²) < 4.78 is 0.856. The molecular formula is C15H13IN2O3. The minimum Gasteiger partial charge on any atom is -0.337 e. The average molecular weight is 396 g/mol. The maximum absolute atomic E-state index is 12.4. The summed E-state index contributed by atoms with van der Waals surface area (Å²) >= 11 is 2.10. The normalized spacial score (nSPS) is 10.2. The van der Waals surface area contributed by atoms with Crippen molar-refractivity contribution in [3.63, 3.8) is 0 Å². The summed E-state index contributed by atoms with van der Waals surface area (Å²) in [5.74, 6) is -0.154. The first-order valence-electron chi connectivity index (χ1n) is 6.23. The second-order valence-electron chi connectivity index (χ2n) is 4.53. The summed E-state index contributed by atoms with van der Waals surface area (Å²) in [7, 11) is 1.64. The van der Waals surface area contributed by atoms with Gasteiger partial charge in [0, 0.05) is 22.2 Å². The van der Waals surface area contributed by atoms with E-state index in [1.807, 2.05) is 12.1 Å². The number of benzene rings is 2. The lowest BCUT2D eigenvalue weighted by Crippen LogP contribution is -2.27. The molecule has 0 saturated carbocycles. The molecule has 0 aliphatic rings. The van der Waals surface area contributed by atoms with Crippen molar-refractivity contribution in [2.75, 3.05) is 7.05 Å². The standard InChI is InChI=1S/C15H13IN2O3/c1-17(15(19)12-7-3-4-8-13(12)16)10-11-6-2-5-9-14(11)18(20)21/h2-9H,10H2,1H3. The summed E-state index contributed by atoms with van der Waals surface area (Å²) in [4.78, 5) is 24.5. The summed E-state index contributed by atoms with van der Waals surface area (Å²) in [6, 6.07) is 13.7. The van der Waals surface area contributed by atoms with E-state index < -0.39 is 4.92 Å². The molecule has 0 unspecified atom stereocenters. The molecule has 2 aromatic rings. The van der Waals surface area contributed by atoms with Crippen molar-refractivity contribution in [2.24, 2.45) is 0 Å². The lowest BCUT2D eigenvalue weighted by atomic mass is 10.1. The fourth-order valence-electron chi connectivity index (χ4n) is 1.99. The summed E-state index contributed by atoms with van der Waals surface area (Å²) in [5, 5.41) is 11.0. The third-order valence-corrected chi connectivity index (χ3v) is 3.99. The highest BCUT2D eigenvalue weighted by Crippen LogP contribution is 2.20. The molecule has 0 aliphatic heterocycles. The van der Waals surface area contributed by atoms with Gasteiger partial charge in [-0.25, -0.2) is 0 Å². The maximum atomic E-state index is 12.4. The molecule has 0 atom stereocenters. The van der Waals surface area contributed by atoms with Gasteiger partial charge in [0.15, 0.2) is 0 Å². The smallest absolute Gasteiger partial charge is 0.274 e. The molecule has 0 aromatic heterocycles. The van der Waals surface area contributed by atoms with E-state index >= 15 is 0 Å². The van der Waals surface area contributed by atoms with E-state index in [-0.39, 0.29) is 18.1 Å². The maximum Gasteiger partial charge on any atom is 0.274 e. The Hall–Kier alpha value is -1.96. The SMILES string of the molecule is CN(Cc1ccccc1[N+](=O)[O-])C(=O)c1ccccc1I. The van der Waals surface area contributed by atoms with Crippen molar-refractivity contribution in [2.45, 2.75) is 6.54 Å². The molecule has 108 valence electrons. The van der Waals surface area contributed by atoms with E-state index in [1.54, 1.807) is 37.4 Å². The van der Waals surface area contributed by atoms with Crippen LogP contribution in [0.15, 0.2) is 48.5 Å². The van der Waals surface area contributed by atoms with E-state index in [0.717, 1.165) is 3.57 Å². The first-order chi connectivity index (χ1) is 10.0. The van der Waals surface area contributed by atoms with E-state index in [1.165, 1.54) is 11.0 Å². The van der Waals surface area contributed by atoms with Crippen LogP contribution in [0.4, 0.5) is 5.69 Å². The van der Waals surface area contributed by atoms with Gasteiger partial charge in [0.1, 0.15) is 0 Å². The third kappa shape index (κ3) is 3.57. The highest BCUT2D eigenvalue weighted by atomic mass is 127. The number of carbonyl (C=O) groups excluding carboxylic acids is 1. The van der Waals surface area contributed by atoms with Crippen molar-refractivity contribution < 1.29 is 9.72 Å². The quantitative estimate of drug-likeness (QED) is 0.452. The number of hydrogen-bond donors (Lipinski definition) is 0. The predicted molar refractivity (Wildman–Crippen MR) is 88.1 cm³/mol. The largest absolute Gasteiger partial charge is 0.337 e. The molecule has 0 radical (unpaired) electrons. The van der Waals surface area contributed by atoms with Gasteiger partial charge < -0.3 is 4.90 Å². The Morgan fingerprint density at radius 1 is 1.19 bits per heavy atom. The highest BCUT2D eigenvalue weighted by Gasteiger charge is 2.19. The first kappa shape index (κ1) is 15.4. The third-order valence-electron chi connectivity index (χ3n) is 3.05. The van der Waals surface area contributed by atoms with E-state index in [4.69, 9.17) is 0 Å². The van der Waals surface area contributed by atoms with Gasteiger partial charge in [-0.15, -0.1) is 0 Å². The number of nitrogens with zero attached hydrogens (tertiary/aromatic N) is 2. The summed E-state index contributed by atoms with van der Waals surface area (Å²) in [6.45, 7) is 0.195. The Morgan fingerprint density at radius 2 is 1.81 bits per heavy atom. The van der Waals surface area contributed by atoms with Crippen molar-refractivity contribution in [1.82, 2.24) is 4.90 Å². The van der Waals surface area contributed by atoms with Crippen molar-refractivity contribution in [1.29, 1.82) is 0 Å². The number of hydrogen-bond acceptors (Lipinski definition) is 3. The van der Waals surface area contributed by atoms with Crippen LogP contribution in [0.1, 0.15) is 15.9 Å². The predicted octanol–water partition coefficient (Wildman–Crippen LogP) is 3.47. The summed E-state index contributed by atoms with van der Waals surface area (Å²) in [5.41, 5.74) is 1.14. The topological polar surface area (TPSA) is 63.4 Å². The molecular weight excluding hydrogens is 383 g/mol. The highest BCUT2D eigenvalue weighted by molar-refractivity contribution is 14.1. The molecule has 0 heterocycles. The Bertz CT molecular complexity index is 688. The van der Waals surface area contributed by atoms with Crippen LogP contribution in [0.2, 0.25) is 0 Å². The van der Waals surface area contributed by atoms with Gasteiger partial charge in [0.25, 0.3) is 11.6 Å². The van der Waals surface area contributed by atoms with Gasteiger partial charge >= 0.3 is 0 Å². The number of carbonyl (C=O) groups is 1. The minimum absolute atomic E-state index is 0.0277. The molecule has 0 N–H and O–H groups in total. The van der Waals surface area contributed by atoms with Crippen LogP contribution in [0, 0.1) is 13.7 Å². The van der Waals surface area contributed by atoms with E-state index in [0.29, 0.717) is 11.1 Å². The molecule has 0 fully saturated rings. The minimum atomic E-state index is -0.431. The monoisotopic (exact) mass is 396 g/mol. The van der Waals surface area contributed by atoms with Crippen LogP contribution in [0.5, 0.6) is 0 Å². The molecule has 6 heteroatoms. The number of rotatable bonds is 4. The second kappa shape index (κ2) is 6.66. The molecule has 0 saturated heterocycles. The van der Waals surface area contributed by atoms with Gasteiger partial charge in [-0.05, 0) is 34.7 Å². The Balaban J connectivity index is 2.23. The van der Waals surface area contributed by atoms with Gasteiger partial charge in [0.05, 0.1) is 17.0 Å². The molecule has 1 amide bonds. The lowest BCUT2D eigenvalue weighted by molar-refractivity contribution is -0.385. The van der Waals surface area contributed by atoms with Crippen LogP contribution in [-0.2, 0) is 6.54 Å². The molecule has 2 rings (SSSR count). The second-order valence-corrected chi connectivity index (χ2v) is 5.69. The average Bonchev–Trinajstić information content (AvgIpc) is 2.47. The fourth-order valence-corrected chi connectivity index (χ4v) is 2.61. The van der Waals surface area contributed by atoms with Crippen LogP contribution in [0.25, 0.3) is 0 Å². The number of halogens is 1.